The highest BCUT2D eigenvalue weighted by Gasteiger charge is 2.25. The van der Waals surface area contributed by atoms with Crippen LogP contribution in [0.4, 0.5) is 0 Å². The number of likely N-dealkylation sites (N-methyl/N-ethyl adjacent to an activating group) is 1. The molecule has 1 aliphatic heterocycles. The van der Waals surface area contributed by atoms with Crippen LogP contribution in [0, 0.1) is 6.92 Å². The second-order valence-electron chi connectivity index (χ2n) is 6.18. The SMILES string of the molecule is CCOc1cccn2c(C(=O)NC[C@@H]3CCCN3CC)c(C)nc12. The zero-order valence-electron chi connectivity index (χ0n) is 14.7. The molecule has 2 aromatic rings. The number of ether oxygens (including phenoxy) is 1. The number of hydrogen-bond acceptors (Lipinski definition) is 4. The van der Waals surface area contributed by atoms with E-state index in [0.717, 1.165) is 25.2 Å². The van der Waals surface area contributed by atoms with Crippen LogP contribution in [0.3, 0.4) is 0 Å². The van der Waals surface area contributed by atoms with Gasteiger partial charge < -0.3 is 10.1 Å². The number of nitrogens with zero attached hydrogens (tertiary/aromatic N) is 3. The van der Waals surface area contributed by atoms with Gasteiger partial charge in [0.25, 0.3) is 5.91 Å². The molecule has 1 aliphatic rings. The summed E-state index contributed by atoms with van der Waals surface area (Å²) in [6.07, 6.45) is 4.22. The van der Waals surface area contributed by atoms with E-state index in [-0.39, 0.29) is 5.91 Å². The van der Waals surface area contributed by atoms with Gasteiger partial charge in [-0.15, -0.1) is 0 Å². The molecule has 0 aromatic carbocycles. The Kier molecular flexibility index (Phi) is 5.04. The van der Waals surface area contributed by atoms with Crippen molar-refractivity contribution in [3.05, 3.63) is 29.7 Å². The van der Waals surface area contributed by atoms with Gasteiger partial charge in [0.1, 0.15) is 5.69 Å². The van der Waals surface area contributed by atoms with Crippen LogP contribution in [0.1, 0.15) is 42.9 Å². The van der Waals surface area contributed by atoms with Crippen LogP contribution in [0.5, 0.6) is 5.75 Å². The number of rotatable bonds is 6. The first kappa shape index (κ1) is 16.8. The van der Waals surface area contributed by atoms with E-state index in [9.17, 15) is 4.79 Å². The fraction of sp³-hybridized carbons (Fsp3) is 0.556. The molecule has 0 unspecified atom stereocenters. The van der Waals surface area contributed by atoms with Crippen molar-refractivity contribution >= 4 is 11.6 Å². The van der Waals surface area contributed by atoms with Gasteiger partial charge in [-0.05, 0) is 51.9 Å². The minimum atomic E-state index is -0.0726. The fourth-order valence-electron chi connectivity index (χ4n) is 3.53. The Morgan fingerprint density at radius 3 is 3.04 bits per heavy atom. The second kappa shape index (κ2) is 7.21. The first-order chi connectivity index (χ1) is 11.7. The third-order valence-corrected chi connectivity index (χ3v) is 4.71. The van der Waals surface area contributed by atoms with E-state index < -0.39 is 0 Å². The lowest BCUT2D eigenvalue weighted by Gasteiger charge is -2.22. The lowest BCUT2D eigenvalue weighted by Crippen LogP contribution is -2.40. The summed E-state index contributed by atoms with van der Waals surface area (Å²) in [5.41, 5.74) is 2.00. The maximum absolute atomic E-state index is 12.7. The van der Waals surface area contributed by atoms with Gasteiger partial charge in [0.2, 0.25) is 0 Å². The molecule has 130 valence electrons. The van der Waals surface area contributed by atoms with Crippen molar-refractivity contribution in [2.24, 2.45) is 0 Å². The average Bonchev–Trinajstić information content (AvgIpc) is 3.16. The molecule has 3 rings (SSSR count). The standard InChI is InChI=1S/C18H26N4O2/c1-4-21-10-6-8-14(21)12-19-18(23)16-13(3)20-17-15(24-5-2)9-7-11-22(16)17/h7,9,11,14H,4-6,8,10,12H2,1-3H3,(H,19,23)/t14-/m0/s1. The summed E-state index contributed by atoms with van der Waals surface area (Å²) in [5.74, 6) is 0.631. The van der Waals surface area contributed by atoms with E-state index in [1.807, 2.05) is 36.6 Å². The van der Waals surface area contributed by atoms with Gasteiger partial charge >= 0.3 is 0 Å². The smallest absolute Gasteiger partial charge is 0.270 e. The van der Waals surface area contributed by atoms with E-state index in [1.54, 1.807) is 0 Å². The van der Waals surface area contributed by atoms with Gasteiger partial charge in [-0.2, -0.15) is 0 Å². The molecular weight excluding hydrogens is 304 g/mol. The normalized spacial score (nSPS) is 18.2. The molecule has 0 bridgehead atoms. The Balaban J connectivity index is 1.79. The number of aryl methyl sites for hydroxylation is 1. The number of amides is 1. The number of carbonyl (C=O) groups is 1. The molecule has 0 radical (unpaired) electrons. The van der Waals surface area contributed by atoms with Crippen molar-refractivity contribution in [3.8, 4) is 5.75 Å². The summed E-state index contributed by atoms with van der Waals surface area (Å²) in [4.78, 5) is 19.7. The Hall–Kier alpha value is -2.08. The van der Waals surface area contributed by atoms with Gasteiger partial charge in [0.15, 0.2) is 11.4 Å². The molecule has 6 heteroatoms. The van der Waals surface area contributed by atoms with E-state index in [1.165, 1.54) is 6.42 Å². The Labute approximate surface area is 142 Å². The third-order valence-electron chi connectivity index (χ3n) is 4.71. The summed E-state index contributed by atoms with van der Waals surface area (Å²) in [6, 6.07) is 4.20. The predicted molar refractivity (Wildman–Crippen MR) is 93.7 cm³/mol. The van der Waals surface area contributed by atoms with Gasteiger partial charge in [-0.1, -0.05) is 6.92 Å². The van der Waals surface area contributed by atoms with Crippen LogP contribution in [0.25, 0.3) is 5.65 Å². The van der Waals surface area contributed by atoms with Crippen molar-refractivity contribution in [3.63, 3.8) is 0 Å². The monoisotopic (exact) mass is 330 g/mol. The van der Waals surface area contributed by atoms with Crippen molar-refractivity contribution in [1.29, 1.82) is 0 Å². The summed E-state index contributed by atoms with van der Waals surface area (Å²) < 4.78 is 7.44. The lowest BCUT2D eigenvalue weighted by molar-refractivity contribution is 0.0935. The van der Waals surface area contributed by atoms with Crippen molar-refractivity contribution in [2.45, 2.75) is 39.7 Å². The molecule has 1 N–H and O–H groups in total. The Bertz CT molecular complexity index is 725. The van der Waals surface area contributed by atoms with Crippen molar-refractivity contribution in [2.75, 3.05) is 26.2 Å². The number of imidazole rings is 1. The zero-order chi connectivity index (χ0) is 17.1. The predicted octanol–water partition coefficient (Wildman–Crippen LogP) is 2.26. The van der Waals surface area contributed by atoms with Crippen LogP contribution in [-0.4, -0.2) is 52.5 Å². The maximum Gasteiger partial charge on any atom is 0.270 e. The van der Waals surface area contributed by atoms with Crippen LogP contribution in [0.2, 0.25) is 0 Å². The van der Waals surface area contributed by atoms with E-state index >= 15 is 0 Å². The molecule has 1 saturated heterocycles. The second-order valence-corrected chi connectivity index (χ2v) is 6.18. The molecule has 0 aliphatic carbocycles. The van der Waals surface area contributed by atoms with Crippen LogP contribution in [0.15, 0.2) is 18.3 Å². The molecule has 0 saturated carbocycles. The highest BCUT2D eigenvalue weighted by atomic mass is 16.5. The zero-order valence-corrected chi connectivity index (χ0v) is 14.7. The quantitative estimate of drug-likeness (QED) is 0.882. The minimum Gasteiger partial charge on any atom is -0.490 e. The molecule has 1 atom stereocenters. The summed E-state index contributed by atoms with van der Waals surface area (Å²) >= 11 is 0. The molecule has 6 nitrogen and oxygen atoms in total. The maximum atomic E-state index is 12.7. The number of fused-ring (bicyclic) bond motifs is 1. The fourth-order valence-corrected chi connectivity index (χ4v) is 3.53. The molecular formula is C18H26N4O2. The number of aromatic nitrogens is 2. The molecule has 24 heavy (non-hydrogen) atoms. The first-order valence-electron chi connectivity index (χ1n) is 8.78. The Morgan fingerprint density at radius 1 is 1.46 bits per heavy atom. The minimum absolute atomic E-state index is 0.0726. The number of nitrogens with one attached hydrogen (secondary N) is 1. The van der Waals surface area contributed by atoms with Crippen LogP contribution < -0.4 is 10.1 Å². The first-order valence-corrected chi connectivity index (χ1v) is 8.78. The third kappa shape index (κ3) is 3.11. The molecule has 1 fully saturated rings. The summed E-state index contributed by atoms with van der Waals surface area (Å²) in [5, 5.41) is 3.09. The number of likely N-dealkylation sites (tertiary alicyclic amines) is 1. The highest BCUT2D eigenvalue weighted by Crippen LogP contribution is 2.22. The van der Waals surface area contributed by atoms with Gasteiger partial charge in [-0.3, -0.25) is 14.1 Å². The lowest BCUT2D eigenvalue weighted by atomic mass is 10.2. The molecule has 0 spiro atoms. The van der Waals surface area contributed by atoms with Gasteiger partial charge in [0, 0.05) is 18.8 Å². The Morgan fingerprint density at radius 2 is 2.29 bits per heavy atom. The average molecular weight is 330 g/mol. The number of hydrogen-bond donors (Lipinski definition) is 1. The number of pyridine rings is 1. The van der Waals surface area contributed by atoms with Gasteiger partial charge in [0.05, 0.1) is 12.3 Å². The molecule has 2 aromatic heterocycles. The number of carbonyl (C=O) groups excluding carboxylic acids is 1. The van der Waals surface area contributed by atoms with Crippen molar-refractivity contribution < 1.29 is 9.53 Å². The summed E-state index contributed by atoms with van der Waals surface area (Å²) in [7, 11) is 0. The molecule has 1 amide bonds. The van der Waals surface area contributed by atoms with Gasteiger partial charge in [-0.25, -0.2) is 4.98 Å². The largest absolute Gasteiger partial charge is 0.490 e. The van der Waals surface area contributed by atoms with E-state index in [0.29, 0.717) is 36.3 Å². The topological polar surface area (TPSA) is 58.9 Å². The van der Waals surface area contributed by atoms with Crippen LogP contribution >= 0.6 is 0 Å². The van der Waals surface area contributed by atoms with E-state index in [4.69, 9.17) is 4.74 Å². The van der Waals surface area contributed by atoms with Crippen molar-refractivity contribution in [1.82, 2.24) is 19.6 Å². The summed E-state index contributed by atoms with van der Waals surface area (Å²) in [6.45, 7) is 9.39. The molecule has 3 heterocycles. The van der Waals surface area contributed by atoms with Crippen LogP contribution in [-0.2, 0) is 0 Å². The highest BCUT2D eigenvalue weighted by molar-refractivity contribution is 5.95. The van der Waals surface area contributed by atoms with E-state index in [2.05, 4.69) is 22.1 Å².